The van der Waals surface area contributed by atoms with Gasteiger partial charge >= 0.3 is 0 Å². The first-order valence-corrected chi connectivity index (χ1v) is 5.10. The second-order valence-corrected chi connectivity index (χ2v) is 4.18. The Morgan fingerprint density at radius 3 is 1.62 bits per heavy atom. The SMILES string of the molecule is OCCC[C@@]1(O)[C@H](O)[C@@H](O)[C@H](O)[C@@H](O)[C@@H]1O. The summed E-state index contributed by atoms with van der Waals surface area (Å²) >= 11 is 0. The summed E-state index contributed by atoms with van der Waals surface area (Å²) in [5, 5.41) is 65.7. The molecule has 0 aromatic heterocycles. The molecular formula is C9H18O7. The van der Waals surface area contributed by atoms with Gasteiger partial charge in [0.25, 0.3) is 0 Å². The fourth-order valence-electron chi connectivity index (χ4n) is 2.00. The molecular weight excluding hydrogens is 220 g/mol. The van der Waals surface area contributed by atoms with E-state index >= 15 is 0 Å². The first kappa shape index (κ1) is 13.8. The van der Waals surface area contributed by atoms with Crippen LogP contribution in [0.5, 0.6) is 0 Å². The molecule has 0 unspecified atom stereocenters. The Kier molecular flexibility index (Phi) is 4.24. The molecule has 0 aromatic rings. The van der Waals surface area contributed by atoms with Crippen LogP contribution in [0.15, 0.2) is 0 Å². The van der Waals surface area contributed by atoms with Crippen LogP contribution in [0.25, 0.3) is 0 Å². The molecule has 1 saturated carbocycles. The van der Waals surface area contributed by atoms with Crippen LogP contribution in [-0.2, 0) is 0 Å². The zero-order chi connectivity index (χ0) is 12.5. The molecule has 1 fully saturated rings. The van der Waals surface area contributed by atoms with Crippen LogP contribution in [0.4, 0.5) is 0 Å². The minimum Gasteiger partial charge on any atom is -0.396 e. The highest BCUT2D eigenvalue weighted by Crippen LogP contribution is 2.33. The number of hydrogen-bond acceptors (Lipinski definition) is 7. The van der Waals surface area contributed by atoms with E-state index in [1.165, 1.54) is 0 Å². The molecule has 0 amide bonds. The van der Waals surface area contributed by atoms with Gasteiger partial charge in [-0.3, -0.25) is 0 Å². The molecule has 16 heavy (non-hydrogen) atoms. The molecule has 0 aromatic carbocycles. The topological polar surface area (TPSA) is 142 Å². The van der Waals surface area contributed by atoms with Gasteiger partial charge in [-0.05, 0) is 12.8 Å². The molecule has 1 aliphatic rings. The van der Waals surface area contributed by atoms with Gasteiger partial charge in [0.15, 0.2) is 0 Å². The average Bonchev–Trinajstić information content (AvgIpc) is 2.29. The van der Waals surface area contributed by atoms with Crippen molar-refractivity contribution in [3.63, 3.8) is 0 Å². The van der Waals surface area contributed by atoms with Crippen LogP contribution in [0.1, 0.15) is 12.8 Å². The highest BCUT2D eigenvalue weighted by Gasteiger charge is 2.56. The van der Waals surface area contributed by atoms with E-state index < -0.39 is 36.1 Å². The monoisotopic (exact) mass is 238 g/mol. The van der Waals surface area contributed by atoms with Crippen LogP contribution >= 0.6 is 0 Å². The number of aliphatic hydroxyl groups excluding tert-OH is 6. The number of hydrogen-bond donors (Lipinski definition) is 7. The van der Waals surface area contributed by atoms with Crippen molar-refractivity contribution >= 4 is 0 Å². The van der Waals surface area contributed by atoms with Crippen molar-refractivity contribution in [3.8, 4) is 0 Å². The van der Waals surface area contributed by atoms with Crippen molar-refractivity contribution in [2.45, 2.75) is 49.0 Å². The quantitative estimate of drug-likeness (QED) is 0.268. The number of aliphatic hydroxyl groups is 7. The predicted molar refractivity (Wildman–Crippen MR) is 51.3 cm³/mol. The second kappa shape index (κ2) is 4.92. The van der Waals surface area contributed by atoms with Gasteiger partial charge in [0.2, 0.25) is 0 Å². The summed E-state index contributed by atoms with van der Waals surface area (Å²) in [5.41, 5.74) is -2.14. The van der Waals surface area contributed by atoms with Gasteiger partial charge in [0.05, 0.1) is 0 Å². The maximum Gasteiger partial charge on any atom is 0.122 e. The maximum atomic E-state index is 9.96. The van der Waals surface area contributed by atoms with Crippen LogP contribution < -0.4 is 0 Å². The van der Waals surface area contributed by atoms with Crippen LogP contribution in [0.2, 0.25) is 0 Å². The van der Waals surface area contributed by atoms with Gasteiger partial charge in [-0.2, -0.15) is 0 Å². The molecule has 0 spiro atoms. The molecule has 7 nitrogen and oxygen atoms in total. The van der Waals surface area contributed by atoms with E-state index in [0.717, 1.165) is 0 Å². The summed E-state index contributed by atoms with van der Waals surface area (Å²) in [4.78, 5) is 0. The second-order valence-electron chi connectivity index (χ2n) is 4.18. The van der Waals surface area contributed by atoms with Gasteiger partial charge in [-0.25, -0.2) is 0 Å². The minimum absolute atomic E-state index is 0.0835. The van der Waals surface area contributed by atoms with Crippen molar-refractivity contribution in [3.05, 3.63) is 0 Å². The predicted octanol–water partition coefficient (Wildman–Crippen LogP) is -3.69. The highest BCUT2D eigenvalue weighted by atomic mass is 16.4. The Hall–Kier alpha value is -0.280. The maximum absolute atomic E-state index is 9.96. The third-order valence-electron chi connectivity index (χ3n) is 3.11. The van der Waals surface area contributed by atoms with Crippen LogP contribution in [0.3, 0.4) is 0 Å². The molecule has 0 radical (unpaired) electrons. The lowest BCUT2D eigenvalue weighted by molar-refractivity contribution is -0.270. The van der Waals surface area contributed by atoms with Crippen molar-refractivity contribution in [1.29, 1.82) is 0 Å². The summed E-state index contributed by atoms with van der Waals surface area (Å²) < 4.78 is 0. The fourth-order valence-corrected chi connectivity index (χ4v) is 2.00. The lowest BCUT2D eigenvalue weighted by atomic mass is 9.72. The van der Waals surface area contributed by atoms with E-state index in [0.29, 0.717) is 0 Å². The van der Waals surface area contributed by atoms with E-state index in [9.17, 15) is 30.6 Å². The zero-order valence-electron chi connectivity index (χ0n) is 8.64. The van der Waals surface area contributed by atoms with Crippen molar-refractivity contribution in [2.75, 3.05) is 6.61 Å². The molecule has 7 heteroatoms. The normalized spacial score (nSPS) is 49.3. The van der Waals surface area contributed by atoms with E-state index in [1.807, 2.05) is 0 Å². The van der Waals surface area contributed by atoms with Gasteiger partial charge in [0.1, 0.15) is 36.1 Å². The first-order chi connectivity index (χ1) is 7.36. The van der Waals surface area contributed by atoms with Gasteiger partial charge in [0, 0.05) is 6.61 Å². The molecule has 0 aliphatic heterocycles. The molecule has 1 rings (SSSR count). The zero-order valence-corrected chi connectivity index (χ0v) is 8.64. The van der Waals surface area contributed by atoms with Crippen molar-refractivity contribution in [1.82, 2.24) is 0 Å². The Morgan fingerprint density at radius 1 is 0.812 bits per heavy atom. The van der Waals surface area contributed by atoms with Gasteiger partial charge in [-0.15, -0.1) is 0 Å². The molecule has 0 bridgehead atoms. The van der Waals surface area contributed by atoms with E-state index in [-0.39, 0.29) is 19.4 Å². The molecule has 0 saturated heterocycles. The lowest BCUT2D eigenvalue weighted by Gasteiger charge is -2.47. The summed E-state index contributed by atoms with van der Waals surface area (Å²) in [6.07, 6.45) is -8.91. The standard InChI is InChI=1S/C9H18O7/c10-3-1-2-9(16)7(14)5(12)4(11)6(13)8(9)15/h4-8,10-16H,1-3H2/t4-,5-,6+,7+,8-,9+. The third kappa shape index (κ3) is 2.07. The summed E-state index contributed by atoms with van der Waals surface area (Å²) in [5.74, 6) is 0. The van der Waals surface area contributed by atoms with Crippen LogP contribution in [-0.4, -0.2) is 78.5 Å². The summed E-state index contributed by atoms with van der Waals surface area (Å²) in [6.45, 7) is -0.267. The average molecular weight is 238 g/mol. The fraction of sp³-hybridized carbons (Fsp3) is 1.00. The summed E-state index contributed by atoms with van der Waals surface area (Å²) in [6, 6.07) is 0. The van der Waals surface area contributed by atoms with E-state index in [2.05, 4.69) is 0 Å². The van der Waals surface area contributed by atoms with Crippen LogP contribution in [0, 0.1) is 0 Å². The Labute approximate surface area is 92.2 Å². The van der Waals surface area contributed by atoms with Crippen molar-refractivity contribution in [2.24, 2.45) is 0 Å². The number of rotatable bonds is 3. The van der Waals surface area contributed by atoms with Gasteiger partial charge < -0.3 is 35.7 Å². The van der Waals surface area contributed by atoms with E-state index in [1.54, 1.807) is 0 Å². The molecule has 6 atom stereocenters. The first-order valence-electron chi connectivity index (χ1n) is 5.10. The van der Waals surface area contributed by atoms with Gasteiger partial charge in [-0.1, -0.05) is 0 Å². The Morgan fingerprint density at radius 2 is 1.25 bits per heavy atom. The molecule has 1 aliphatic carbocycles. The Balaban J connectivity index is 2.88. The third-order valence-corrected chi connectivity index (χ3v) is 3.11. The smallest absolute Gasteiger partial charge is 0.122 e. The lowest BCUT2D eigenvalue weighted by Crippen LogP contribution is -2.70. The molecule has 0 heterocycles. The summed E-state index contributed by atoms with van der Waals surface area (Å²) in [7, 11) is 0. The molecule has 96 valence electrons. The minimum atomic E-state index is -2.14. The highest BCUT2D eigenvalue weighted by molar-refractivity contribution is 5.08. The Bertz CT molecular complexity index is 218. The van der Waals surface area contributed by atoms with Crippen molar-refractivity contribution < 1.29 is 35.7 Å². The molecule has 7 N–H and O–H groups in total. The van der Waals surface area contributed by atoms with E-state index in [4.69, 9.17) is 5.11 Å². The largest absolute Gasteiger partial charge is 0.396 e.